The number of oxime groups is 1. The van der Waals surface area contributed by atoms with E-state index in [4.69, 9.17) is 4.74 Å². The summed E-state index contributed by atoms with van der Waals surface area (Å²) in [5.41, 5.74) is 2.99. The van der Waals surface area contributed by atoms with Crippen molar-refractivity contribution in [3.05, 3.63) is 29.3 Å². The molecule has 0 saturated heterocycles. The third kappa shape index (κ3) is 4.57. The molecule has 0 unspecified atom stereocenters. The number of hydrogen-bond acceptors (Lipinski definition) is 4. The lowest BCUT2D eigenvalue weighted by atomic mass is 10.1. The van der Waals surface area contributed by atoms with Crippen LogP contribution < -0.4 is 4.74 Å². The lowest BCUT2D eigenvalue weighted by Crippen LogP contribution is -2.10. The molecule has 0 aliphatic carbocycles. The van der Waals surface area contributed by atoms with Crippen molar-refractivity contribution in [2.75, 3.05) is 6.61 Å². The van der Waals surface area contributed by atoms with Crippen molar-refractivity contribution in [1.29, 1.82) is 0 Å². The second kappa shape index (κ2) is 6.79. The Bertz CT molecular complexity index is 452. The minimum atomic E-state index is -0.432. The molecule has 1 rings (SSSR count). The molecule has 0 bridgehead atoms. The van der Waals surface area contributed by atoms with Gasteiger partial charge in [0.1, 0.15) is 12.4 Å². The molecular weight excluding hydrogens is 230 g/mol. The lowest BCUT2D eigenvalue weighted by Gasteiger charge is -2.10. The summed E-state index contributed by atoms with van der Waals surface area (Å²) in [6.07, 6.45) is 0.914. The molecule has 0 N–H and O–H groups in total. The number of benzene rings is 1. The van der Waals surface area contributed by atoms with E-state index in [1.807, 2.05) is 12.1 Å². The fraction of sp³-hybridized carbons (Fsp3) is 0.429. The van der Waals surface area contributed by atoms with Gasteiger partial charge in [-0.1, -0.05) is 29.8 Å². The zero-order chi connectivity index (χ0) is 13.5. The van der Waals surface area contributed by atoms with Crippen molar-refractivity contribution in [3.63, 3.8) is 0 Å². The average Bonchev–Trinajstić information content (AvgIpc) is 2.34. The van der Waals surface area contributed by atoms with Gasteiger partial charge in [-0.2, -0.15) is 0 Å². The highest BCUT2D eigenvalue weighted by molar-refractivity contribution is 5.83. The van der Waals surface area contributed by atoms with Crippen molar-refractivity contribution in [2.24, 2.45) is 5.16 Å². The number of carbonyl (C=O) groups is 1. The third-order valence-corrected chi connectivity index (χ3v) is 2.36. The minimum Gasteiger partial charge on any atom is -0.487 e. The monoisotopic (exact) mass is 249 g/mol. The topological polar surface area (TPSA) is 47.9 Å². The molecule has 98 valence electrons. The van der Waals surface area contributed by atoms with Crippen LogP contribution in [0.4, 0.5) is 0 Å². The molecule has 0 amide bonds. The Morgan fingerprint density at radius 2 is 2.06 bits per heavy atom. The smallest absolute Gasteiger partial charge is 0.331 e. The van der Waals surface area contributed by atoms with Crippen LogP contribution in [0.25, 0.3) is 0 Å². The first-order valence-electron chi connectivity index (χ1n) is 5.96. The largest absolute Gasteiger partial charge is 0.487 e. The number of aryl methyl sites for hydroxylation is 2. The molecule has 1 aromatic carbocycles. The van der Waals surface area contributed by atoms with Crippen LogP contribution in [0.2, 0.25) is 0 Å². The zero-order valence-electron chi connectivity index (χ0n) is 11.3. The fourth-order valence-corrected chi connectivity index (χ4v) is 1.48. The highest BCUT2D eigenvalue weighted by atomic mass is 16.7. The molecule has 0 saturated carbocycles. The Morgan fingerprint density at radius 1 is 1.33 bits per heavy atom. The van der Waals surface area contributed by atoms with E-state index < -0.39 is 5.97 Å². The van der Waals surface area contributed by atoms with Gasteiger partial charge in [0.05, 0.1) is 5.71 Å². The number of nitrogens with zero attached hydrogens (tertiary/aromatic N) is 1. The summed E-state index contributed by atoms with van der Waals surface area (Å²) >= 11 is 0. The summed E-state index contributed by atoms with van der Waals surface area (Å²) in [6, 6.07) is 6.06. The number of rotatable bonds is 5. The maximum Gasteiger partial charge on any atom is 0.331 e. The van der Waals surface area contributed by atoms with Gasteiger partial charge in [0.15, 0.2) is 0 Å². The fourth-order valence-electron chi connectivity index (χ4n) is 1.48. The van der Waals surface area contributed by atoms with Gasteiger partial charge >= 0.3 is 5.97 Å². The molecule has 4 nitrogen and oxygen atoms in total. The predicted octanol–water partition coefficient (Wildman–Crippen LogP) is 2.88. The summed E-state index contributed by atoms with van der Waals surface area (Å²) in [5, 5.41) is 3.65. The maximum atomic E-state index is 10.6. The standard InChI is InChI=1S/C14H19NO3/c1-5-13-8-10(2)6-7-14(13)17-9-11(3)15-18-12(4)16/h6-8H,5,9H2,1-4H3/b15-11+. The lowest BCUT2D eigenvalue weighted by molar-refractivity contribution is -0.140. The van der Waals surface area contributed by atoms with Crippen LogP contribution in [0.1, 0.15) is 31.9 Å². The maximum absolute atomic E-state index is 10.6. The summed E-state index contributed by atoms with van der Waals surface area (Å²) in [5.74, 6) is 0.416. The summed E-state index contributed by atoms with van der Waals surface area (Å²) in [4.78, 5) is 15.1. The van der Waals surface area contributed by atoms with Crippen LogP contribution in [-0.2, 0) is 16.1 Å². The summed E-state index contributed by atoms with van der Waals surface area (Å²) < 4.78 is 5.66. The number of carbonyl (C=O) groups excluding carboxylic acids is 1. The molecule has 0 aromatic heterocycles. The van der Waals surface area contributed by atoms with Crippen molar-refractivity contribution in [2.45, 2.75) is 34.1 Å². The highest BCUT2D eigenvalue weighted by Gasteiger charge is 2.03. The first-order valence-corrected chi connectivity index (χ1v) is 5.96. The van der Waals surface area contributed by atoms with E-state index in [2.05, 4.69) is 29.9 Å². The van der Waals surface area contributed by atoms with Crippen LogP contribution in [-0.4, -0.2) is 18.3 Å². The van der Waals surface area contributed by atoms with E-state index in [1.165, 1.54) is 12.5 Å². The van der Waals surface area contributed by atoms with Gasteiger partial charge < -0.3 is 9.57 Å². The van der Waals surface area contributed by atoms with Crippen molar-refractivity contribution in [1.82, 2.24) is 0 Å². The normalized spacial score (nSPS) is 11.2. The van der Waals surface area contributed by atoms with Crippen molar-refractivity contribution in [3.8, 4) is 5.75 Å². The van der Waals surface area contributed by atoms with Gasteiger partial charge in [-0.25, -0.2) is 4.79 Å². The zero-order valence-corrected chi connectivity index (χ0v) is 11.3. The van der Waals surface area contributed by atoms with E-state index in [0.29, 0.717) is 12.3 Å². The molecular formula is C14H19NO3. The Labute approximate surface area is 108 Å². The van der Waals surface area contributed by atoms with Crippen LogP contribution in [0, 0.1) is 6.92 Å². The summed E-state index contributed by atoms with van der Waals surface area (Å²) in [7, 11) is 0. The molecule has 1 aromatic rings. The SMILES string of the molecule is CCc1cc(C)ccc1OC/C(C)=N/OC(C)=O. The van der Waals surface area contributed by atoms with E-state index >= 15 is 0 Å². The van der Waals surface area contributed by atoms with Gasteiger partial charge in [0.2, 0.25) is 0 Å². The molecule has 0 aliphatic rings. The van der Waals surface area contributed by atoms with E-state index in [1.54, 1.807) is 6.92 Å². The van der Waals surface area contributed by atoms with Gasteiger partial charge in [-0.3, -0.25) is 0 Å². The molecule has 0 aliphatic heterocycles. The predicted molar refractivity (Wildman–Crippen MR) is 70.9 cm³/mol. The van der Waals surface area contributed by atoms with Gasteiger partial charge in [-0.05, 0) is 31.9 Å². The minimum absolute atomic E-state index is 0.309. The number of hydrogen-bond donors (Lipinski definition) is 0. The summed E-state index contributed by atoms with van der Waals surface area (Å²) in [6.45, 7) is 7.51. The first-order chi connectivity index (χ1) is 8.52. The van der Waals surface area contributed by atoms with Crippen LogP contribution in [0.3, 0.4) is 0 Å². The Morgan fingerprint density at radius 3 is 2.67 bits per heavy atom. The molecule has 0 radical (unpaired) electrons. The van der Waals surface area contributed by atoms with Gasteiger partial charge in [0.25, 0.3) is 0 Å². The van der Waals surface area contributed by atoms with Crippen LogP contribution in [0.15, 0.2) is 23.4 Å². The molecule has 0 spiro atoms. The van der Waals surface area contributed by atoms with Crippen molar-refractivity contribution >= 4 is 11.7 Å². The third-order valence-electron chi connectivity index (χ3n) is 2.36. The molecule has 18 heavy (non-hydrogen) atoms. The second-order valence-electron chi connectivity index (χ2n) is 4.16. The van der Waals surface area contributed by atoms with Crippen LogP contribution >= 0.6 is 0 Å². The van der Waals surface area contributed by atoms with Crippen LogP contribution in [0.5, 0.6) is 5.75 Å². The second-order valence-corrected chi connectivity index (χ2v) is 4.16. The van der Waals surface area contributed by atoms with E-state index in [-0.39, 0.29) is 0 Å². The average molecular weight is 249 g/mol. The van der Waals surface area contributed by atoms with Gasteiger partial charge in [0, 0.05) is 6.92 Å². The molecule has 0 fully saturated rings. The van der Waals surface area contributed by atoms with E-state index in [9.17, 15) is 4.79 Å². The Kier molecular flexibility index (Phi) is 5.36. The van der Waals surface area contributed by atoms with Gasteiger partial charge in [-0.15, -0.1) is 0 Å². The molecule has 4 heteroatoms. The van der Waals surface area contributed by atoms with Crippen molar-refractivity contribution < 1.29 is 14.4 Å². The Balaban J connectivity index is 2.63. The first kappa shape index (κ1) is 14.2. The molecule has 0 heterocycles. The number of ether oxygens (including phenoxy) is 1. The highest BCUT2D eigenvalue weighted by Crippen LogP contribution is 2.20. The van der Waals surface area contributed by atoms with E-state index in [0.717, 1.165) is 17.7 Å². The molecule has 0 atom stereocenters. The quantitative estimate of drug-likeness (QED) is 0.458. The Hall–Kier alpha value is -1.84.